The van der Waals surface area contributed by atoms with Crippen LogP contribution in [0.4, 0.5) is 4.39 Å². The number of rotatable bonds is 6. The Morgan fingerprint density at radius 1 is 1.08 bits per heavy atom. The second-order valence-corrected chi connectivity index (χ2v) is 6.64. The topological polar surface area (TPSA) is 30.7 Å². The molecule has 0 aliphatic rings. The first-order valence-corrected chi connectivity index (χ1v) is 8.69. The highest BCUT2D eigenvalue weighted by molar-refractivity contribution is 7.99. The van der Waals surface area contributed by atoms with Gasteiger partial charge in [-0.25, -0.2) is 4.39 Å². The van der Waals surface area contributed by atoms with Gasteiger partial charge in [0.1, 0.15) is 5.82 Å². The fourth-order valence-electron chi connectivity index (χ4n) is 2.29. The third-order valence-corrected chi connectivity index (χ3v) is 4.72. The molecule has 0 bridgehead atoms. The zero-order valence-electron chi connectivity index (χ0n) is 12.8. The van der Waals surface area contributed by atoms with Crippen molar-refractivity contribution < 1.29 is 4.39 Å². The van der Waals surface area contributed by atoms with E-state index in [0.717, 1.165) is 5.56 Å². The first kappa shape index (κ1) is 16.7. The second-order valence-electron chi connectivity index (χ2n) is 5.16. The molecule has 3 rings (SSSR count). The number of benzene rings is 2. The third kappa shape index (κ3) is 3.86. The standard InChI is InChI=1S/C18H15ClFN3S/c1-13(19)12-24-18-22-21-17(15-9-5-6-10-16(15)20)23(18)11-14-7-3-2-4-8-14/h2-10H,1,11-12H2. The molecule has 6 heteroatoms. The van der Waals surface area contributed by atoms with Crippen LogP contribution in [0.2, 0.25) is 0 Å². The minimum atomic E-state index is -0.322. The lowest BCUT2D eigenvalue weighted by Gasteiger charge is -2.10. The third-order valence-electron chi connectivity index (χ3n) is 3.37. The Labute approximate surface area is 149 Å². The Kier molecular flexibility index (Phi) is 5.33. The molecule has 3 nitrogen and oxygen atoms in total. The average Bonchev–Trinajstić information content (AvgIpc) is 2.97. The molecular formula is C18H15ClFN3S. The van der Waals surface area contributed by atoms with Gasteiger partial charge in [-0.15, -0.1) is 10.2 Å². The van der Waals surface area contributed by atoms with Gasteiger partial charge >= 0.3 is 0 Å². The molecule has 0 amide bonds. The monoisotopic (exact) mass is 359 g/mol. The van der Waals surface area contributed by atoms with Crippen molar-refractivity contribution in [1.29, 1.82) is 0 Å². The lowest BCUT2D eigenvalue weighted by atomic mass is 10.2. The summed E-state index contributed by atoms with van der Waals surface area (Å²) in [5.41, 5.74) is 1.51. The first-order valence-electron chi connectivity index (χ1n) is 7.33. The molecule has 0 spiro atoms. The van der Waals surface area contributed by atoms with Crippen LogP contribution in [0.15, 0.2) is 71.4 Å². The SMILES string of the molecule is C=C(Cl)CSc1nnc(-c2ccccc2F)n1Cc1ccccc1. The molecule has 0 aliphatic carbocycles. The van der Waals surface area contributed by atoms with Gasteiger partial charge in [-0.3, -0.25) is 4.57 Å². The summed E-state index contributed by atoms with van der Waals surface area (Å²) < 4.78 is 16.1. The van der Waals surface area contributed by atoms with Crippen LogP contribution in [0.5, 0.6) is 0 Å². The molecule has 0 unspecified atom stereocenters. The number of nitrogens with zero attached hydrogens (tertiary/aromatic N) is 3. The maximum Gasteiger partial charge on any atom is 0.192 e. The van der Waals surface area contributed by atoms with Crippen molar-refractivity contribution >= 4 is 23.4 Å². The first-order chi connectivity index (χ1) is 11.6. The maximum atomic E-state index is 14.2. The van der Waals surface area contributed by atoms with Crippen LogP contribution in [-0.2, 0) is 6.54 Å². The highest BCUT2D eigenvalue weighted by Gasteiger charge is 2.17. The van der Waals surface area contributed by atoms with Gasteiger partial charge in [0.15, 0.2) is 11.0 Å². The molecule has 1 heterocycles. The van der Waals surface area contributed by atoms with Gasteiger partial charge in [0.05, 0.1) is 12.1 Å². The number of aromatic nitrogens is 3. The Morgan fingerprint density at radius 2 is 1.79 bits per heavy atom. The summed E-state index contributed by atoms with van der Waals surface area (Å²) in [4.78, 5) is 0. The number of hydrogen-bond acceptors (Lipinski definition) is 3. The van der Waals surface area contributed by atoms with Crippen LogP contribution in [0, 0.1) is 5.82 Å². The van der Waals surface area contributed by atoms with Crippen molar-refractivity contribution in [2.75, 3.05) is 5.75 Å². The smallest absolute Gasteiger partial charge is 0.192 e. The van der Waals surface area contributed by atoms with E-state index < -0.39 is 0 Å². The van der Waals surface area contributed by atoms with Crippen LogP contribution in [0.25, 0.3) is 11.4 Å². The minimum Gasteiger partial charge on any atom is -0.297 e. The van der Waals surface area contributed by atoms with E-state index in [2.05, 4.69) is 16.8 Å². The fourth-order valence-corrected chi connectivity index (χ4v) is 3.14. The average molecular weight is 360 g/mol. The van der Waals surface area contributed by atoms with Crippen molar-refractivity contribution in [3.63, 3.8) is 0 Å². The lowest BCUT2D eigenvalue weighted by Crippen LogP contribution is -2.05. The van der Waals surface area contributed by atoms with Crippen molar-refractivity contribution in [3.8, 4) is 11.4 Å². The molecule has 0 saturated heterocycles. The Balaban J connectivity index is 2.02. The van der Waals surface area contributed by atoms with Gasteiger partial charge in [-0.05, 0) is 17.7 Å². The van der Waals surface area contributed by atoms with Gasteiger partial charge < -0.3 is 0 Å². The van der Waals surface area contributed by atoms with Crippen LogP contribution in [-0.4, -0.2) is 20.5 Å². The zero-order chi connectivity index (χ0) is 16.9. The predicted molar refractivity (Wildman–Crippen MR) is 96.7 cm³/mol. The van der Waals surface area contributed by atoms with E-state index in [4.69, 9.17) is 11.6 Å². The molecule has 2 aromatic carbocycles. The fraction of sp³-hybridized carbons (Fsp3) is 0.111. The number of thioether (sulfide) groups is 1. The van der Waals surface area contributed by atoms with Gasteiger partial charge in [0.25, 0.3) is 0 Å². The van der Waals surface area contributed by atoms with E-state index in [1.165, 1.54) is 17.8 Å². The summed E-state index contributed by atoms with van der Waals surface area (Å²) in [6.45, 7) is 4.24. The second kappa shape index (κ2) is 7.64. The summed E-state index contributed by atoms with van der Waals surface area (Å²) in [5.74, 6) is 0.698. The van der Waals surface area contributed by atoms with E-state index in [0.29, 0.717) is 33.9 Å². The summed E-state index contributed by atoms with van der Waals surface area (Å²) >= 11 is 7.29. The Bertz CT molecular complexity index is 848. The molecule has 0 N–H and O–H groups in total. The van der Waals surface area contributed by atoms with Gasteiger partial charge in [0, 0.05) is 10.8 Å². The number of hydrogen-bond donors (Lipinski definition) is 0. The van der Waals surface area contributed by atoms with Crippen molar-refractivity contribution in [1.82, 2.24) is 14.8 Å². The molecular weight excluding hydrogens is 345 g/mol. The van der Waals surface area contributed by atoms with Crippen LogP contribution in [0.3, 0.4) is 0 Å². The highest BCUT2D eigenvalue weighted by atomic mass is 35.5. The van der Waals surface area contributed by atoms with Crippen molar-refractivity contribution in [2.45, 2.75) is 11.7 Å². The van der Waals surface area contributed by atoms with Gasteiger partial charge in [-0.2, -0.15) is 0 Å². The minimum absolute atomic E-state index is 0.322. The summed E-state index contributed by atoms with van der Waals surface area (Å²) in [5, 5.41) is 9.62. The normalized spacial score (nSPS) is 10.8. The molecule has 1 aromatic heterocycles. The van der Waals surface area contributed by atoms with Crippen LogP contribution in [0.1, 0.15) is 5.56 Å². The molecule has 122 valence electrons. The molecule has 3 aromatic rings. The predicted octanol–water partition coefficient (Wildman–Crippen LogP) is 4.98. The lowest BCUT2D eigenvalue weighted by molar-refractivity contribution is 0.626. The summed E-state index contributed by atoms with van der Waals surface area (Å²) in [7, 11) is 0. The Morgan fingerprint density at radius 3 is 2.50 bits per heavy atom. The van der Waals surface area contributed by atoms with E-state index in [9.17, 15) is 4.39 Å². The maximum absolute atomic E-state index is 14.2. The van der Waals surface area contributed by atoms with Gasteiger partial charge in [0.2, 0.25) is 0 Å². The van der Waals surface area contributed by atoms with Crippen molar-refractivity contribution in [3.05, 3.63) is 77.6 Å². The highest BCUT2D eigenvalue weighted by Crippen LogP contribution is 2.28. The summed E-state index contributed by atoms with van der Waals surface area (Å²) in [6.07, 6.45) is 0. The van der Waals surface area contributed by atoms with Crippen molar-refractivity contribution in [2.24, 2.45) is 0 Å². The number of halogens is 2. The zero-order valence-corrected chi connectivity index (χ0v) is 14.4. The molecule has 0 aliphatic heterocycles. The molecule has 0 radical (unpaired) electrons. The van der Waals surface area contributed by atoms with Gasteiger partial charge in [-0.1, -0.05) is 72.4 Å². The van der Waals surface area contributed by atoms with E-state index in [-0.39, 0.29) is 5.82 Å². The summed E-state index contributed by atoms with van der Waals surface area (Å²) in [6, 6.07) is 16.5. The molecule has 0 fully saturated rings. The molecule has 0 atom stereocenters. The van der Waals surface area contributed by atoms with E-state index in [1.807, 2.05) is 34.9 Å². The van der Waals surface area contributed by atoms with E-state index in [1.54, 1.807) is 18.2 Å². The largest absolute Gasteiger partial charge is 0.297 e. The quantitative estimate of drug-likeness (QED) is 0.582. The Hall–Kier alpha value is -2.11. The van der Waals surface area contributed by atoms with Crippen LogP contribution < -0.4 is 0 Å². The van der Waals surface area contributed by atoms with Crippen LogP contribution >= 0.6 is 23.4 Å². The molecule has 24 heavy (non-hydrogen) atoms. The molecule has 0 saturated carbocycles. The van der Waals surface area contributed by atoms with E-state index >= 15 is 0 Å².